The molecule has 1 N–H and O–H groups in total. The second kappa shape index (κ2) is 3.95. The average Bonchev–Trinajstić information content (AvgIpc) is 2.69. The molecule has 18 heavy (non-hydrogen) atoms. The highest BCUT2D eigenvalue weighted by molar-refractivity contribution is 6.23. The lowest BCUT2D eigenvalue weighted by molar-refractivity contribution is -0.645. The number of para-hydroxylation sites is 1. The van der Waals surface area contributed by atoms with Gasteiger partial charge in [0.05, 0.1) is 11.1 Å². The number of hydrogen-bond acceptors (Lipinski definition) is 2. The van der Waals surface area contributed by atoms with Crippen LogP contribution in [0, 0.1) is 0 Å². The predicted octanol–water partition coefficient (Wildman–Crippen LogP) is 2.30. The minimum Gasteiger partial charge on any atom is -0.512 e. The van der Waals surface area contributed by atoms with Crippen LogP contribution in [0.1, 0.15) is 18.4 Å². The van der Waals surface area contributed by atoms with E-state index in [-0.39, 0.29) is 11.5 Å². The number of nitrogens with zero attached hydrogens (tertiary/aromatic N) is 1. The van der Waals surface area contributed by atoms with Gasteiger partial charge >= 0.3 is 0 Å². The Morgan fingerprint density at radius 3 is 2.72 bits per heavy atom. The van der Waals surface area contributed by atoms with Gasteiger partial charge in [0.25, 0.3) is 0 Å². The molecular formula is C15H14NO2+. The Morgan fingerprint density at radius 2 is 2.00 bits per heavy atom. The molecule has 1 aromatic heterocycles. The Bertz CT molecular complexity index is 686. The van der Waals surface area contributed by atoms with Gasteiger partial charge in [0.15, 0.2) is 12.0 Å². The van der Waals surface area contributed by atoms with Gasteiger partial charge in [-0.1, -0.05) is 12.1 Å². The number of pyridine rings is 1. The number of aryl methyl sites for hydroxylation is 1. The molecule has 0 bridgehead atoms. The van der Waals surface area contributed by atoms with E-state index in [0.717, 1.165) is 16.5 Å². The van der Waals surface area contributed by atoms with Crippen molar-refractivity contribution in [2.24, 2.45) is 7.05 Å². The lowest BCUT2D eigenvalue weighted by atomic mass is 10.0. The van der Waals surface area contributed by atoms with E-state index >= 15 is 0 Å². The summed E-state index contributed by atoms with van der Waals surface area (Å²) in [5, 5.41) is 10.9. The maximum Gasteiger partial charge on any atom is 0.212 e. The zero-order valence-corrected chi connectivity index (χ0v) is 10.2. The normalized spacial score (nSPS) is 15.7. The van der Waals surface area contributed by atoms with Crippen LogP contribution in [-0.4, -0.2) is 10.9 Å². The Labute approximate surface area is 105 Å². The molecule has 1 aliphatic rings. The summed E-state index contributed by atoms with van der Waals surface area (Å²) in [7, 11) is 1.95. The number of hydrogen-bond donors (Lipinski definition) is 1. The first-order chi connectivity index (χ1) is 8.66. The fourth-order valence-electron chi connectivity index (χ4n) is 2.52. The van der Waals surface area contributed by atoms with Gasteiger partial charge in [-0.2, -0.15) is 0 Å². The van der Waals surface area contributed by atoms with E-state index in [1.165, 1.54) is 0 Å². The number of benzene rings is 1. The average molecular weight is 240 g/mol. The molecule has 0 atom stereocenters. The summed E-state index contributed by atoms with van der Waals surface area (Å²) in [6.07, 6.45) is 2.78. The fourth-order valence-corrected chi connectivity index (χ4v) is 2.52. The van der Waals surface area contributed by atoms with E-state index < -0.39 is 0 Å². The molecule has 0 unspecified atom stereocenters. The molecule has 90 valence electrons. The highest BCUT2D eigenvalue weighted by Crippen LogP contribution is 2.29. The number of aliphatic hydroxyl groups excluding tert-OH is 1. The molecule has 3 heteroatoms. The molecule has 0 amide bonds. The number of carbonyl (C=O) groups excluding carboxylic acids is 1. The van der Waals surface area contributed by atoms with Crippen LogP contribution in [0.3, 0.4) is 0 Å². The first-order valence-corrected chi connectivity index (χ1v) is 6.01. The van der Waals surface area contributed by atoms with Crippen LogP contribution in [-0.2, 0) is 11.8 Å². The first kappa shape index (κ1) is 11.0. The van der Waals surface area contributed by atoms with Crippen LogP contribution >= 0.6 is 0 Å². The van der Waals surface area contributed by atoms with E-state index in [0.29, 0.717) is 18.4 Å². The summed E-state index contributed by atoms with van der Waals surface area (Å²) in [4.78, 5) is 11.8. The van der Waals surface area contributed by atoms with Crippen molar-refractivity contribution in [2.45, 2.75) is 12.8 Å². The van der Waals surface area contributed by atoms with Crippen LogP contribution in [0.25, 0.3) is 16.5 Å². The molecule has 0 radical (unpaired) electrons. The molecule has 3 nitrogen and oxygen atoms in total. The van der Waals surface area contributed by atoms with Gasteiger partial charge in [-0.3, -0.25) is 4.79 Å². The zero-order chi connectivity index (χ0) is 12.7. The lowest BCUT2D eigenvalue weighted by Crippen LogP contribution is -2.29. The monoisotopic (exact) mass is 240 g/mol. The molecule has 1 heterocycles. The minimum absolute atomic E-state index is 0.0304. The maximum absolute atomic E-state index is 11.8. The molecule has 0 saturated heterocycles. The number of aromatic nitrogens is 1. The second-order valence-corrected chi connectivity index (χ2v) is 4.64. The summed E-state index contributed by atoms with van der Waals surface area (Å²) in [5.41, 5.74) is 2.39. The van der Waals surface area contributed by atoms with Crippen molar-refractivity contribution < 1.29 is 14.5 Å². The Kier molecular flexibility index (Phi) is 2.40. The number of allylic oxidation sites excluding steroid dienone is 2. The highest BCUT2D eigenvalue weighted by Gasteiger charge is 2.26. The topological polar surface area (TPSA) is 41.2 Å². The van der Waals surface area contributed by atoms with E-state index in [9.17, 15) is 9.90 Å². The molecule has 0 aliphatic heterocycles. The molecule has 2 aromatic rings. The van der Waals surface area contributed by atoms with Gasteiger partial charge in [0.2, 0.25) is 5.52 Å². The molecular weight excluding hydrogens is 226 g/mol. The smallest absolute Gasteiger partial charge is 0.212 e. The predicted molar refractivity (Wildman–Crippen MR) is 68.9 cm³/mol. The standard InChI is InChI=1S/C15H13NO2/c1-16-9-11(15-13(17)6-7-14(15)18)8-10-4-2-3-5-12(10)16/h2-5,8-9H,6-7H2,1H3/p+1. The lowest BCUT2D eigenvalue weighted by Gasteiger charge is -2.03. The van der Waals surface area contributed by atoms with Crippen LogP contribution in [0.4, 0.5) is 0 Å². The van der Waals surface area contributed by atoms with Crippen molar-refractivity contribution in [1.29, 1.82) is 0 Å². The molecule has 3 rings (SSSR count). The van der Waals surface area contributed by atoms with E-state index in [1.54, 1.807) is 0 Å². The van der Waals surface area contributed by atoms with Crippen molar-refractivity contribution in [3.8, 4) is 0 Å². The summed E-state index contributed by atoms with van der Waals surface area (Å²) in [6, 6.07) is 9.96. The molecule has 0 saturated carbocycles. The van der Waals surface area contributed by atoms with Crippen LogP contribution in [0.5, 0.6) is 0 Å². The number of ketones is 1. The van der Waals surface area contributed by atoms with Crippen molar-refractivity contribution in [1.82, 2.24) is 0 Å². The summed E-state index contributed by atoms with van der Waals surface area (Å²) in [6.45, 7) is 0. The van der Waals surface area contributed by atoms with E-state index in [4.69, 9.17) is 0 Å². The molecule has 1 aliphatic carbocycles. The Morgan fingerprint density at radius 1 is 1.22 bits per heavy atom. The maximum atomic E-state index is 11.8. The number of carbonyl (C=O) groups is 1. The number of fused-ring (bicyclic) bond motifs is 1. The largest absolute Gasteiger partial charge is 0.512 e. The fraction of sp³-hybridized carbons (Fsp3) is 0.200. The number of Topliss-reactive ketones (excluding diaryl/α,β-unsaturated/α-hetero) is 1. The van der Waals surface area contributed by atoms with Crippen molar-refractivity contribution in [3.63, 3.8) is 0 Å². The highest BCUT2D eigenvalue weighted by atomic mass is 16.3. The SMILES string of the molecule is C[n+]1cc(C2=C(O)CCC2=O)cc2ccccc21. The number of rotatable bonds is 1. The van der Waals surface area contributed by atoms with Gasteiger partial charge in [0, 0.05) is 24.3 Å². The van der Waals surface area contributed by atoms with Crippen LogP contribution in [0.2, 0.25) is 0 Å². The van der Waals surface area contributed by atoms with Crippen molar-refractivity contribution in [2.75, 3.05) is 0 Å². The Balaban J connectivity index is 2.25. The Hall–Kier alpha value is -2.16. The van der Waals surface area contributed by atoms with Crippen molar-refractivity contribution >= 4 is 22.3 Å². The quantitative estimate of drug-likeness (QED) is 0.777. The van der Waals surface area contributed by atoms with E-state index in [1.807, 2.05) is 48.1 Å². The van der Waals surface area contributed by atoms with Gasteiger partial charge in [-0.05, 0) is 12.1 Å². The van der Waals surface area contributed by atoms with Gasteiger partial charge in [-0.25, -0.2) is 4.57 Å². The van der Waals surface area contributed by atoms with Crippen LogP contribution < -0.4 is 4.57 Å². The number of aliphatic hydroxyl groups is 1. The zero-order valence-electron chi connectivity index (χ0n) is 10.2. The molecule has 1 aromatic carbocycles. The van der Waals surface area contributed by atoms with Gasteiger partial charge < -0.3 is 5.11 Å². The summed E-state index contributed by atoms with van der Waals surface area (Å²) < 4.78 is 1.98. The van der Waals surface area contributed by atoms with Crippen LogP contribution in [0.15, 0.2) is 42.3 Å². The third-order valence-corrected chi connectivity index (χ3v) is 3.41. The third kappa shape index (κ3) is 1.59. The minimum atomic E-state index is 0.0304. The second-order valence-electron chi connectivity index (χ2n) is 4.64. The molecule has 0 spiro atoms. The van der Waals surface area contributed by atoms with Crippen molar-refractivity contribution in [3.05, 3.63) is 47.9 Å². The summed E-state index contributed by atoms with van der Waals surface area (Å²) in [5.74, 6) is 0.248. The summed E-state index contributed by atoms with van der Waals surface area (Å²) >= 11 is 0. The van der Waals surface area contributed by atoms with E-state index in [2.05, 4.69) is 0 Å². The first-order valence-electron chi connectivity index (χ1n) is 6.01. The molecule has 0 fully saturated rings. The van der Waals surface area contributed by atoms with Gasteiger partial charge in [-0.15, -0.1) is 0 Å². The third-order valence-electron chi connectivity index (χ3n) is 3.41. The van der Waals surface area contributed by atoms with Gasteiger partial charge in [0.1, 0.15) is 12.8 Å².